The quantitative estimate of drug-likeness (QED) is 0.581. The number of benzene rings is 2. The lowest BCUT2D eigenvalue weighted by atomic mass is 10.2. The zero-order chi connectivity index (χ0) is 14.4. The van der Waals surface area contributed by atoms with Crippen LogP contribution in [-0.2, 0) is 0 Å². The topological polar surface area (TPSA) is 70.3 Å². The fourth-order valence-corrected chi connectivity index (χ4v) is 2.33. The van der Waals surface area contributed by atoms with Crippen molar-refractivity contribution in [2.24, 2.45) is 0 Å². The standard InChI is InChI=1S/C15H8FN5/c16-10-2-3-11-12(6-10)20-15(19-11)21-8-18-13-5-9(7-17)1-4-14(13)21/h1-6,8H,(H,19,20). The summed E-state index contributed by atoms with van der Waals surface area (Å²) in [6.07, 6.45) is 1.62. The van der Waals surface area contributed by atoms with E-state index in [2.05, 4.69) is 21.0 Å². The summed E-state index contributed by atoms with van der Waals surface area (Å²) in [4.78, 5) is 11.8. The Morgan fingerprint density at radius 1 is 1.14 bits per heavy atom. The second kappa shape index (κ2) is 4.15. The van der Waals surface area contributed by atoms with E-state index in [9.17, 15) is 4.39 Å². The maximum Gasteiger partial charge on any atom is 0.213 e. The Morgan fingerprint density at radius 3 is 2.90 bits per heavy atom. The van der Waals surface area contributed by atoms with E-state index in [1.54, 1.807) is 29.1 Å². The van der Waals surface area contributed by atoms with E-state index < -0.39 is 0 Å². The number of aromatic nitrogens is 4. The summed E-state index contributed by atoms with van der Waals surface area (Å²) in [5, 5.41) is 8.90. The van der Waals surface area contributed by atoms with Crippen LogP contribution >= 0.6 is 0 Å². The van der Waals surface area contributed by atoms with E-state index in [4.69, 9.17) is 5.26 Å². The summed E-state index contributed by atoms with van der Waals surface area (Å²) in [6.45, 7) is 0. The summed E-state index contributed by atoms with van der Waals surface area (Å²) in [5.74, 6) is 0.245. The molecule has 4 rings (SSSR count). The highest BCUT2D eigenvalue weighted by Crippen LogP contribution is 2.20. The van der Waals surface area contributed by atoms with Crippen molar-refractivity contribution in [1.82, 2.24) is 19.5 Å². The molecule has 0 unspecified atom stereocenters. The Balaban J connectivity index is 1.94. The molecule has 2 aromatic heterocycles. The SMILES string of the molecule is N#Cc1ccc2c(c1)ncn2-c1nc2ccc(F)cc2[nH]1. The van der Waals surface area contributed by atoms with E-state index >= 15 is 0 Å². The molecule has 100 valence electrons. The Hall–Kier alpha value is -3.20. The van der Waals surface area contributed by atoms with Crippen molar-refractivity contribution in [2.45, 2.75) is 0 Å². The van der Waals surface area contributed by atoms with Gasteiger partial charge in [-0.25, -0.2) is 14.4 Å². The summed E-state index contributed by atoms with van der Waals surface area (Å²) in [7, 11) is 0. The van der Waals surface area contributed by atoms with Crippen LogP contribution in [-0.4, -0.2) is 19.5 Å². The molecule has 0 radical (unpaired) electrons. The lowest BCUT2D eigenvalue weighted by Gasteiger charge is -1.98. The van der Waals surface area contributed by atoms with Crippen LogP contribution in [0.5, 0.6) is 0 Å². The minimum absolute atomic E-state index is 0.313. The number of hydrogen-bond donors (Lipinski definition) is 1. The normalized spacial score (nSPS) is 11.0. The fraction of sp³-hybridized carbons (Fsp3) is 0. The Labute approximate surface area is 118 Å². The van der Waals surface area contributed by atoms with Crippen LogP contribution < -0.4 is 0 Å². The van der Waals surface area contributed by atoms with Gasteiger partial charge < -0.3 is 4.98 Å². The minimum Gasteiger partial charge on any atom is -0.323 e. The molecular formula is C15H8FN5. The first-order valence-corrected chi connectivity index (χ1v) is 6.27. The van der Waals surface area contributed by atoms with Gasteiger partial charge in [0.2, 0.25) is 5.95 Å². The number of imidazole rings is 2. The predicted octanol–water partition coefficient (Wildman–Crippen LogP) is 2.91. The van der Waals surface area contributed by atoms with E-state index in [0.29, 0.717) is 28.1 Å². The number of H-pyrrole nitrogens is 1. The third kappa shape index (κ3) is 1.75. The van der Waals surface area contributed by atoms with Crippen molar-refractivity contribution < 1.29 is 4.39 Å². The molecule has 5 nitrogen and oxygen atoms in total. The van der Waals surface area contributed by atoms with E-state index in [1.807, 2.05) is 6.07 Å². The lowest BCUT2D eigenvalue weighted by Crippen LogP contribution is -1.94. The molecule has 6 heteroatoms. The zero-order valence-corrected chi connectivity index (χ0v) is 10.7. The van der Waals surface area contributed by atoms with Gasteiger partial charge in [-0.05, 0) is 36.4 Å². The lowest BCUT2D eigenvalue weighted by molar-refractivity contribution is 0.629. The van der Waals surface area contributed by atoms with Gasteiger partial charge in [0.15, 0.2) is 0 Å². The van der Waals surface area contributed by atoms with Gasteiger partial charge in [0, 0.05) is 0 Å². The molecule has 0 aliphatic heterocycles. The van der Waals surface area contributed by atoms with Gasteiger partial charge in [0.25, 0.3) is 0 Å². The van der Waals surface area contributed by atoms with Crippen molar-refractivity contribution in [1.29, 1.82) is 5.26 Å². The van der Waals surface area contributed by atoms with Gasteiger partial charge in [-0.2, -0.15) is 5.26 Å². The molecule has 0 atom stereocenters. The number of nitrogens with one attached hydrogen (secondary N) is 1. The molecule has 0 aliphatic rings. The summed E-state index contributed by atoms with van der Waals surface area (Å²) in [6, 6.07) is 11.7. The summed E-state index contributed by atoms with van der Waals surface area (Å²) >= 11 is 0. The second-order valence-corrected chi connectivity index (χ2v) is 4.65. The molecule has 2 heterocycles. The Bertz CT molecular complexity index is 1020. The molecular weight excluding hydrogens is 269 g/mol. The molecule has 0 saturated heterocycles. The fourth-order valence-electron chi connectivity index (χ4n) is 2.33. The zero-order valence-electron chi connectivity index (χ0n) is 10.7. The van der Waals surface area contributed by atoms with Crippen molar-refractivity contribution in [3.05, 3.63) is 54.1 Å². The van der Waals surface area contributed by atoms with Gasteiger partial charge in [-0.3, -0.25) is 4.57 Å². The van der Waals surface area contributed by atoms with Crippen molar-refractivity contribution in [2.75, 3.05) is 0 Å². The average molecular weight is 277 g/mol. The van der Waals surface area contributed by atoms with Crippen LogP contribution in [0.2, 0.25) is 0 Å². The molecule has 21 heavy (non-hydrogen) atoms. The number of rotatable bonds is 1. The average Bonchev–Trinajstić information content (AvgIpc) is 3.08. The number of fused-ring (bicyclic) bond motifs is 2. The molecule has 0 saturated carbocycles. The van der Waals surface area contributed by atoms with Crippen molar-refractivity contribution >= 4 is 22.1 Å². The van der Waals surface area contributed by atoms with Crippen molar-refractivity contribution in [3.8, 4) is 12.0 Å². The largest absolute Gasteiger partial charge is 0.323 e. The number of nitrogens with zero attached hydrogens (tertiary/aromatic N) is 4. The molecule has 2 aromatic carbocycles. The van der Waals surface area contributed by atoms with Crippen LogP contribution in [0, 0.1) is 17.1 Å². The first kappa shape index (κ1) is 11.6. The highest BCUT2D eigenvalue weighted by Gasteiger charge is 2.10. The maximum atomic E-state index is 13.2. The monoisotopic (exact) mass is 277 g/mol. The number of halogens is 1. The third-order valence-corrected chi connectivity index (χ3v) is 3.34. The van der Waals surface area contributed by atoms with Crippen LogP contribution in [0.25, 0.3) is 28.0 Å². The smallest absolute Gasteiger partial charge is 0.213 e. The van der Waals surface area contributed by atoms with Gasteiger partial charge in [-0.15, -0.1) is 0 Å². The molecule has 4 aromatic rings. The number of nitriles is 1. The second-order valence-electron chi connectivity index (χ2n) is 4.65. The van der Waals surface area contributed by atoms with Crippen LogP contribution in [0.3, 0.4) is 0 Å². The molecule has 0 amide bonds. The van der Waals surface area contributed by atoms with Gasteiger partial charge in [-0.1, -0.05) is 0 Å². The van der Waals surface area contributed by atoms with E-state index in [-0.39, 0.29) is 5.82 Å². The number of aromatic amines is 1. The minimum atomic E-state index is -0.313. The number of hydrogen-bond acceptors (Lipinski definition) is 3. The van der Waals surface area contributed by atoms with Crippen LogP contribution in [0.15, 0.2) is 42.7 Å². The van der Waals surface area contributed by atoms with E-state index in [0.717, 1.165) is 5.52 Å². The molecule has 1 N–H and O–H groups in total. The Kier molecular flexibility index (Phi) is 2.29. The van der Waals surface area contributed by atoms with E-state index in [1.165, 1.54) is 12.1 Å². The van der Waals surface area contributed by atoms with Crippen LogP contribution in [0.4, 0.5) is 4.39 Å². The van der Waals surface area contributed by atoms with Crippen LogP contribution in [0.1, 0.15) is 5.56 Å². The maximum absolute atomic E-state index is 13.2. The Morgan fingerprint density at radius 2 is 2.05 bits per heavy atom. The summed E-state index contributed by atoms with van der Waals surface area (Å²) < 4.78 is 15.0. The van der Waals surface area contributed by atoms with Gasteiger partial charge in [0.1, 0.15) is 12.1 Å². The first-order chi connectivity index (χ1) is 10.2. The third-order valence-electron chi connectivity index (χ3n) is 3.34. The van der Waals surface area contributed by atoms with Gasteiger partial charge in [0.05, 0.1) is 33.7 Å². The van der Waals surface area contributed by atoms with Crippen molar-refractivity contribution in [3.63, 3.8) is 0 Å². The highest BCUT2D eigenvalue weighted by molar-refractivity contribution is 5.80. The molecule has 0 spiro atoms. The molecule has 0 bridgehead atoms. The molecule has 0 fully saturated rings. The van der Waals surface area contributed by atoms with Gasteiger partial charge >= 0.3 is 0 Å². The first-order valence-electron chi connectivity index (χ1n) is 6.27. The predicted molar refractivity (Wildman–Crippen MR) is 75.4 cm³/mol. The summed E-state index contributed by atoms with van der Waals surface area (Å²) in [5.41, 5.74) is 3.40. The highest BCUT2D eigenvalue weighted by atomic mass is 19.1. The molecule has 0 aliphatic carbocycles.